The number of benzene rings is 5. The summed E-state index contributed by atoms with van der Waals surface area (Å²) in [7, 11) is 0. The number of ether oxygens (including phenoxy) is 3. The van der Waals surface area contributed by atoms with Crippen LogP contribution in [-0.2, 0) is 19.0 Å². The summed E-state index contributed by atoms with van der Waals surface area (Å²) in [6.07, 6.45) is 1.09. The van der Waals surface area contributed by atoms with Crippen molar-refractivity contribution in [1.29, 1.82) is 0 Å². The number of nitrogens with one attached hydrogen (secondary N) is 1. The Balaban J connectivity index is 1.41. The zero-order valence-electron chi connectivity index (χ0n) is 29.2. The Morgan fingerprint density at radius 1 is 0.745 bits per heavy atom. The molecule has 0 atom stereocenters. The van der Waals surface area contributed by atoms with E-state index in [4.69, 9.17) is 23.6 Å². The van der Waals surface area contributed by atoms with E-state index in [1.54, 1.807) is 6.07 Å². The Labute approximate surface area is 297 Å². The number of hydrogen-bond donors (Lipinski definition) is 1. The molecule has 51 heavy (non-hydrogen) atoms. The predicted molar refractivity (Wildman–Crippen MR) is 201 cm³/mol. The minimum Gasteiger partial charge on any atom is -0.460 e. The molecular formula is C43H40N2O6. The second kappa shape index (κ2) is 15.7. The first kappa shape index (κ1) is 34.9. The van der Waals surface area contributed by atoms with E-state index in [9.17, 15) is 9.59 Å². The summed E-state index contributed by atoms with van der Waals surface area (Å²) in [5.74, 6) is -0.372. The van der Waals surface area contributed by atoms with Gasteiger partial charge in [-0.25, -0.2) is 14.6 Å². The van der Waals surface area contributed by atoms with E-state index in [1.165, 1.54) is 0 Å². The number of nitrogens with zero attached hydrogens (tertiary/aromatic N) is 1. The van der Waals surface area contributed by atoms with E-state index in [2.05, 4.69) is 63.9 Å². The van der Waals surface area contributed by atoms with Crippen LogP contribution in [0.5, 0.6) is 0 Å². The SMILES string of the molecule is C=CC(=O)OCCOCCOC(=O)c1ccccc1-c1c2cc/c(=N\c3c(C)cccc3C)cc-2oc2cc(Nc3c(C)cccc3C)ccc12. The molecule has 0 saturated heterocycles. The first-order valence-electron chi connectivity index (χ1n) is 16.8. The van der Waals surface area contributed by atoms with Crippen molar-refractivity contribution >= 4 is 40.0 Å². The highest BCUT2D eigenvalue weighted by molar-refractivity contribution is 6.08. The summed E-state index contributed by atoms with van der Waals surface area (Å²) in [6.45, 7) is 12.1. The standard InChI is InChI=1S/C43H40N2O6/c1-6-39(46)49-23-21-48-22-24-50-43(47)34-16-8-7-15-33(34)40-35-19-17-31(44-41-27(2)11-9-12-28(41)3)25-37(35)51-38-26-32(18-20-36(38)40)45-42-29(4)13-10-14-30(42)5/h6-20,25-26,44H,1,21-24H2,2-5H3/b45-32+. The highest BCUT2D eigenvalue weighted by atomic mass is 16.6. The van der Waals surface area contributed by atoms with Gasteiger partial charge in [-0.2, -0.15) is 0 Å². The lowest BCUT2D eigenvalue weighted by Gasteiger charge is -2.19. The van der Waals surface area contributed by atoms with Crippen LogP contribution in [-0.4, -0.2) is 38.4 Å². The molecular weight excluding hydrogens is 640 g/mol. The molecule has 258 valence electrons. The molecule has 0 saturated carbocycles. The van der Waals surface area contributed by atoms with Crippen LogP contribution in [0, 0.1) is 27.7 Å². The van der Waals surface area contributed by atoms with Gasteiger partial charge in [0, 0.05) is 46.1 Å². The molecule has 0 radical (unpaired) electrons. The summed E-state index contributed by atoms with van der Waals surface area (Å²) in [5, 5.41) is 5.18. The summed E-state index contributed by atoms with van der Waals surface area (Å²) in [6, 6.07) is 31.7. The van der Waals surface area contributed by atoms with E-state index in [0.717, 1.165) is 67.3 Å². The van der Waals surface area contributed by atoms with Gasteiger partial charge in [0.25, 0.3) is 0 Å². The fraction of sp³-hybridized carbons (Fsp3) is 0.186. The number of anilines is 2. The Morgan fingerprint density at radius 3 is 2.16 bits per heavy atom. The maximum atomic E-state index is 13.6. The second-order valence-electron chi connectivity index (χ2n) is 12.3. The fourth-order valence-corrected chi connectivity index (χ4v) is 6.10. The third kappa shape index (κ3) is 7.92. The van der Waals surface area contributed by atoms with Crippen molar-refractivity contribution in [2.45, 2.75) is 27.7 Å². The molecule has 6 rings (SSSR count). The van der Waals surface area contributed by atoms with Gasteiger partial charge in [-0.3, -0.25) is 0 Å². The normalized spacial score (nSPS) is 11.5. The van der Waals surface area contributed by atoms with Crippen LogP contribution in [0.25, 0.3) is 33.4 Å². The van der Waals surface area contributed by atoms with Crippen molar-refractivity contribution in [3.05, 3.63) is 143 Å². The van der Waals surface area contributed by atoms with E-state index >= 15 is 0 Å². The average Bonchev–Trinajstić information content (AvgIpc) is 3.13. The van der Waals surface area contributed by atoms with Gasteiger partial charge in [-0.1, -0.05) is 61.2 Å². The number of esters is 2. The molecule has 8 heteroatoms. The molecule has 1 N–H and O–H groups in total. The van der Waals surface area contributed by atoms with E-state index in [-0.39, 0.29) is 26.4 Å². The van der Waals surface area contributed by atoms with Crippen LogP contribution in [0.4, 0.5) is 17.1 Å². The van der Waals surface area contributed by atoms with Crippen molar-refractivity contribution in [2.75, 3.05) is 31.7 Å². The number of carbonyl (C=O) groups is 2. The van der Waals surface area contributed by atoms with Crippen LogP contribution in [0.15, 0.2) is 119 Å². The van der Waals surface area contributed by atoms with Crippen LogP contribution in [0.2, 0.25) is 0 Å². The summed E-state index contributed by atoms with van der Waals surface area (Å²) >= 11 is 0. The largest absolute Gasteiger partial charge is 0.460 e. The zero-order valence-corrected chi connectivity index (χ0v) is 29.2. The lowest BCUT2D eigenvalue weighted by atomic mass is 9.90. The van der Waals surface area contributed by atoms with Gasteiger partial charge in [-0.15, -0.1) is 0 Å². The molecule has 0 amide bonds. The third-order valence-electron chi connectivity index (χ3n) is 8.65. The van der Waals surface area contributed by atoms with E-state index in [0.29, 0.717) is 22.5 Å². The first-order chi connectivity index (χ1) is 24.7. The van der Waals surface area contributed by atoms with Gasteiger partial charge in [0.1, 0.15) is 24.6 Å². The number of hydrogen-bond acceptors (Lipinski definition) is 8. The van der Waals surface area contributed by atoms with Gasteiger partial charge < -0.3 is 23.9 Å². The topological polar surface area (TPSA) is 99.4 Å². The molecule has 0 fully saturated rings. The summed E-state index contributed by atoms with van der Waals surface area (Å²) < 4.78 is 22.7. The highest BCUT2D eigenvalue weighted by Gasteiger charge is 2.22. The second-order valence-corrected chi connectivity index (χ2v) is 12.3. The molecule has 4 aromatic carbocycles. The third-order valence-corrected chi connectivity index (χ3v) is 8.65. The molecule has 0 aromatic heterocycles. The first-order valence-corrected chi connectivity index (χ1v) is 16.8. The maximum Gasteiger partial charge on any atom is 0.338 e. The number of rotatable bonds is 12. The maximum absolute atomic E-state index is 13.6. The lowest BCUT2D eigenvalue weighted by Crippen LogP contribution is -2.14. The summed E-state index contributed by atoms with van der Waals surface area (Å²) in [4.78, 5) is 29.8. The molecule has 2 aliphatic rings. The zero-order chi connectivity index (χ0) is 35.9. The number of carbonyl (C=O) groups excluding carboxylic acids is 2. The molecule has 0 spiro atoms. The molecule has 1 aliphatic heterocycles. The molecule has 1 heterocycles. The van der Waals surface area contributed by atoms with Crippen LogP contribution in [0.3, 0.4) is 0 Å². The van der Waals surface area contributed by atoms with Crippen molar-refractivity contribution in [3.8, 4) is 22.5 Å². The van der Waals surface area contributed by atoms with E-state index < -0.39 is 11.9 Å². The fourth-order valence-electron chi connectivity index (χ4n) is 6.10. The molecule has 1 aliphatic carbocycles. The van der Waals surface area contributed by atoms with Gasteiger partial charge >= 0.3 is 11.9 Å². The van der Waals surface area contributed by atoms with Gasteiger partial charge in [0.05, 0.1) is 29.8 Å². The van der Waals surface area contributed by atoms with Gasteiger partial charge in [0.15, 0.2) is 0 Å². The van der Waals surface area contributed by atoms with Crippen LogP contribution < -0.4 is 10.7 Å². The van der Waals surface area contributed by atoms with Crippen molar-refractivity contribution in [1.82, 2.24) is 0 Å². The van der Waals surface area contributed by atoms with Crippen molar-refractivity contribution in [2.24, 2.45) is 4.99 Å². The molecule has 8 nitrogen and oxygen atoms in total. The van der Waals surface area contributed by atoms with Gasteiger partial charge in [0.2, 0.25) is 0 Å². The minimum atomic E-state index is -0.517. The van der Waals surface area contributed by atoms with Crippen molar-refractivity contribution in [3.63, 3.8) is 0 Å². The predicted octanol–water partition coefficient (Wildman–Crippen LogP) is 9.32. The number of fused-ring (bicyclic) bond motifs is 2. The molecule has 0 unspecified atom stereocenters. The Hall–Kier alpha value is -5.99. The Kier molecular flexibility index (Phi) is 10.7. The van der Waals surface area contributed by atoms with E-state index in [1.807, 2.05) is 66.7 Å². The highest BCUT2D eigenvalue weighted by Crippen LogP contribution is 2.42. The molecule has 0 bridgehead atoms. The Bertz CT molecular complexity index is 2250. The van der Waals surface area contributed by atoms with Crippen LogP contribution >= 0.6 is 0 Å². The Morgan fingerprint density at radius 2 is 1.43 bits per heavy atom. The minimum absolute atomic E-state index is 0.0325. The van der Waals surface area contributed by atoms with Crippen molar-refractivity contribution < 1.29 is 28.2 Å². The summed E-state index contributed by atoms with van der Waals surface area (Å²) in [5.41, 5.74) is 10.7. The number of para-hydroxylation sites is 2. The monoisotopic (exact) mass is 680 g/mol. The lowest BCUT2D eigenvalue weighted by molar-refractivity contribution is -0.139. The average molecular weight is 681 g/mol. The smallest absolute Gasteiger partial charge is 0.338 e. The quantitative estimate of drug-likeness (QED) is 0.0595. The molecule has 4 aromatic rings. The van der Waals surface area contributed by atoms with Crippen LogP contribution in [0.1, 0.15) is 32.6 Å². The number of aryl methyl sites for hydroxylation is 4. The van der Waals surface area contributed by atoms with Gasteiger partial charge in [-0.05, 0) is 85.8 Å².